The number of hydrogen-bond donors (Lipinski definition) is 0. The maximum atomic E-state index is 12.7. The number of carbonyl (C=O) groups excluding carboxylic acids is 2. The second kappa shape index (κ2) is 6.86. The van der Waals surface area contributed by atoms with Gasteiger partial charge in [-0.2, -0.15) is 13.2 Å². The molecule has 0 N–H and O–H groups in total. The molecule has 1 heterocycles. The van der Waals surface area contributed by atoms with E-state index in [1.54, 1.807) is 20.8 Å². The molecule has 0 bridgehead atoms. The van der Waals surface area contributed by atoms with Crippen LogP contribution in [0.2, 0.25) is 0 Å². The highest BCUT2D eigenvalue weighted by molar-refractivity contribution is 6.01. The summed E-state index contributed by atoms with van der Waals surface area (Å²) in [5.41, 5.74) is -3.14. The molecule has 0 radical (unpaired) electrons. The van der Waals surface area contributed by atoms with E-state index in [4.69, 9.17) is 11.3 Å². The molecule has 1 atom stereocenters. The average molecular weight is 344 g/mol. The minimum atomic E-state index is -4.71. The molecule has 0 aliphatic rings. The van der Waals surface area contributed by atoms with Gasteiger partial charge >= 0.3 is 18.1 Å². The van der Waals surface area contributed by atoms with E-state index in [9.17, 15) is 22.8 Å². The van der Waals surface area contributed by atoms with Gasteiger partial charge < -0.3 is 9.47 Å². The van der Waals surface area contributed by atoms with Crippen molar-refractivity contribution in [2.75, 3.05) is 7.11 Å². The molecule has 0 amide bonds. The fraction of sp³-hybridized carbons (Fsp3) is 0.467. The molecule has 0 aliphatic heterocycles. The third kappa shape index (κ3) is 4.68. The third-order valence-corrected chi connectivity index (χ3v) is 2.70. The Balaban J connectivity index is 3.42. The first-order valence-corrected chi connectivity index (χ1v) is 6.66. The first-order valence-electron chi connectivity index (χ1n) is 6.66. The van der Waals surface area contributed by atoms with Crippen LogP contribution in [0.5, 0.6) is 0 Å². The maximum Gasteiger partial charge on any atom is 0.416 e. The first-order chi connectivity index (χ1) is 10.9. The summed E-state index contributed by atoms with van der Waals surface area (Å²) in [5.74, 6) is -3.89. The molecule has 130 valence electrons. The van der Waals surface area contributed by atoms with Gasteiger partial charge in [-0.3, -0.25) is 14.6 Å². The molecule has 0 fully saturated rings. The van der Waals surface area contributed by atoms with E-state index in [-0.39, 0.29) is 0 Å². The Kier molecular flexibility index (Phi) is 5.55. The van der Waals surface area contributed by atoms with Crippen molar-refractivity contribution in [3.05, 3.63) is 34.9 Å². The van der Waals surface area contributed by atoms with Crippen LogP contribution in [0.25, 0.3) is 4.85 Å². The van der Waals surface area contributed by atoms with Gasteiger partial charge in [0.25, 0.3) is 0 Å². The summed E-state index contributed by atoms with van der Waals surface area (Å²) >= 11 is 0. The van der Waals surface area contributed by atoms with Crippen molar-refractivity contribution < 1.29 is 32.2 Å². The second-order valence-corrected chi connectivity index (χ2v) is 5.73. The topological polar surface area (TPSA) is 69.8 Å². The van der Waals surface area contributed by atoms with Gasteiger partial charge in [-0.05, 0) is 26.8 Å². The second-order valence-electron chi connectivity index (χ2n) is 5.73. The van der Waals surface area contributed by atoms with Gasteiger partial charge in [0.2, 0.25) is 5.69 Å². The molecule has 1 aromatic heterocycles. The molecule has 0 spiro atoms. The Morgan fingerprint density at radius 2 is 1.83 bits per heavy atom. The van der Waals surface area contributed by atoms with Crippen LogP contribution in [-0.4, -0.2) is 29.6 Å². The van der Waals surface area contributed by atoms with Crippen LogP contribution < -0.4 is 0 Å². The monoisotopic (exact) mass is 344 g/mol. The highest BCUT2D eigenvalue weighted by Crippen LogP contribution is 2.35. The standard InChI is InChI=1S/C15H15F3N2O4/c1-14(2,3)24-13(22)10(12(21)23-5)11-9(19-4)6-8(7-20-11)15(16,17)18/h6-7,10H,1-3,5H3. The summed E-state index contributed by atoms with van der Waals surface area (Å²) in [4.78, 5) is 30.6. The van der Waals surface area contributed by atoms with Gasteiger partial charge in [0.1, 0.15) is 5.60 Å². The number of nitrogens with zero attached hydrogens (tertiary/aromatic N) is 2. The number of esters is 2. The lowest BCUT2D eigenvalue weighted by atomic mass is 10.0. The number of pyridine rings is 1. The van der Waals surface area contributed by atoms with Crippen molar-refractivity contribution in [3.8, 4) is 0 Å². The van der Waals surface area contributed by atoms with E-state index in [0.717, 1.165) is 7.11 Å². The van der Waals surface area contributed by atoms with E-state index in [2.05, 4.69) is 14.6 Å². The highest BCUT2D eigenvalue weighted by Gasteiger charge is 2.38. The van der Waals surface area contributed by atoms with Gasteiger partial charge in [0.15, 0.2) is 5.92 Å². The number of carbonyl (C=O) groups is 2. The fourth-order valence-electron chi connectivity index (χ4n) is 1.73. The van der Waals surface area contributed by atoms with Gasteiger partial charge in [0, 0.05) is 6.20 Å². The quantitative estimate of drug-likeness (QED) is 0.478. The zero-order chi connectivity index (χ0) is 18.7. The van der Waals surface area contributed by atoms with E-state index in [1.807, 2.05) is 0 Å². The van der Waals surface area contributed by atoms with Crippen molar-refractivity contribution in [2.24, 2.45) is 0 Å². The van der Waals surface area contributed by atoms with Crippen LogP contribution in [0.3, 0.4) is 0 Å². The fourth-order valence-corrected chi connectivity index (χ4v) is 1.73. The third-order valence-electron chi connectivity index (χ3n) is 2.70. The number of rotatable bonds is 3. The number of ether oxygens (including phenoxy) is 2. The van der Waals surface area contributed by atoms with Crippen molar-refractivity contribution in [1.82, 2.24) is 4.98 Å². The van der Waals surface area contributed by atoms with E-state index < -0.39 is 46.6 Å². The van der Waals surface area contributed by atoms with Gasteiger partial charge in [0.05, 0.1) is 24.9 Å². The number of halogens is 3. The zero-order valence-electron chi connectivity index (χ0n) is 13.4. The summed E-state index contributed by atoms with van der Waals surface area (Å²) < 4.78 is 47.7. The SMILES string of the molecule is [C-]#[N+]c1cc(C(F)(F)F)cnc1C(C(=O)OC)C(=O)OC(C)(C)C. The lowest BCUT2D eigenvalue weighted by Crippen LogP contribution is -2.32. The Morgan fingerprint density at radius 1 is 1.25 bits per heavy atom. The lowest BCUT2D eigenvalue weighted by molar-refractivity contribution is -0.163. The van der Waals surface area contributed by atoms with Crippen LogP contribution >= 0.6 is 0 Å². The summed E-state index contributed by atoms with van der Waals surface area (Å²) in [6.07, 6.45) is -4.26. The Morgan fingerprint density at radius 3 is 2.25 bits per heavy atom. The lowest BCUT2D eigenvalue weighted by Gasteiger charge is -2.23. The van der Waals surface area contributed by atoms with Crippen molar-refractivity contribution in [3.63, 3.8) is 0 Å². The Hall–Kier alpha value is -2.63. The maximum absolute atomic E-state index is 12.7. The average Bonchev–Trinajstić information content (AvgIpc) is 2.44. The predicted octanol–water partition coefficient (Wildman–Crippen LogP) is 3.25. The number of alkyl halides is 3. The molecule has 1 rings (SSSR count). The van der Waals surface area contributed by atoms with E-state index >= 15 is 0 Å². The van der Waals surface area contributed by atoms with Crippen LogP contribution in [0, 0.1) is 6.57 Å². The molecular weight excluding hydrogens is 329 g/mol. The number of methoxy groups -OCH3 is 1. The van der Waals surface area contributed by atoms with Crippen molar-refractivity contribution in [2.45, 2.75) is 38.5 Å². The molecule has 1 aromatic rings. The van der Waals surface area contributed by atoms with E-state index in [1.165, 1.54) is 0 Å². The predicted molar refractivity (Wildman–Crippen MR) is 76.1 cm³/mol. The Bertz CT molecular complexity index is 687. The van der Waals surface area contributed by atoms with Crippen LogP contribution in [0.4, 0.5) is 18.9 Å². The normalized spacial score (nSPS) is 12.9. The largest absolute Gasteiger partial charge is 0.468 e. The summed E-state index contributed by atoms with van der Waals surface area (Å²) in [7, 11) is 1.00. The van der Waals surface area contributed by atoms with Crippen LogP contribution in [-0.2, 0) is 25.2 Å². The van der Waals surface area contributed by atoms with E-state index in [0.29, 0.717) is 12.3 Å². The molecule has 0 aliphatic carbocycles. The molecule has 1 unspecified atom stereocenters. The smallest absolute Gasteiger partial charge is 0.416 e. The highest BCUT2D eigenvalue weighted by atomic mass is 19.4. The summed E-state index contributed by atoms with van der Waals surface area (Å²) in [5, 5.41) is 0. The van der Waals surface area contributed by atoms with Gasteiger partial charge in [-0.15, -0.1) is 0 Å². The summed E-state index contributed by atoms with van der Waals surface area (Å²) in [6, 6.07) is 0.523. The molecule has 0 aromatic carbocycles. The minimum Gasteiger partial charge on any atom is -0.468 e. The zero-order valence-corrected chi connectivity index (χ0v) is 13.4. The van der Waals surface area contributed by atoms with Crippen LogP contribution in [0.1, 0.15) is 37.9 Å². The minimum absolute atomic E-state index is 0.445. The Labute approximate surface area is 136 Å². The molecule has 9 heteroatoms. The summed E-state index contributed by atoms with van der Waals surface area (Å²) in [6.45, 7) is 11.7. The number of hydrogen-bond acceptors (Lipinski definition) is 5. The molecular formula is C15H15F3N2O4. The van der Waals surface area contributed by atoms with Gasteiger partial charge in [-0.1, -0.05) is 0 Å². The van der Waals surface area contributed by atoms with Gasteiger partial charge in [-0.25, -0.2) is 4.85 Å². The molecule has 0 saturated heterocycles. The van der Waals surface area contributed by atoms with Crippen molar-refractivity contribution >= 4 is 17.6 Å². The molecule has 6 nitrogen and oxygen atoms in total. The first kappa shape index (κ1) is 19.4. The van der Waals surface area contributed by atoms with Crippen LogP contribution in [0.15, 0.2) is 12.3 Å². The molecule has 0 saturated carbocycles. The molecule has 24 heavy (non-hydrogen) atoms. The van der Waals surface area contributed by atoms with Crippen molar-refractivity contribution in [1.29, 1.82) is 0 Å². The number of aromatic nitrogens is 1.